The Hall–Kier alpha value is -2.59. The van der Waals surface area contributed by atoms with E-state index in [-0.39, 0.29) is 16.8 Å². The molecule has 0 radical (unpaired) electrons. The second kappa shape index (κ2) is 8.70. The Bertz CT molecular complexity index is 1560. The average molecular weight is 555 g/mol. The van der Waals surface area contributed by atoms with Crippen molar-refractivity contribution in [2.45, 2.75) is 69.1 Å². The molecule has 5 atom stereocenters. The SMILES string of the molecule is CC(C)CCO[C@@]12Cc3c([nH]c4ccccc34)[C@]3(C)Oc4c(O)ccc5c4[C@@]31CC[NH+](C)[C@@H]2C5.CS(=O)(=O)[O-]. The molecule has 4 aliphatic rings. The highest BCUT2D eigenvalue weighted by molar-refractivity contribution is 7.84. The molecular formula is C30H38N2O6S. The smallest absolute Gasteiger partial charge is 0.166 e. The van der Waals surface area contributed by atoms with Gasteiger partial charge in [0, 0.05) is 48.6 Å². The first kappa shape index (κ1) is 26.6. The number of nitrogens with one attached hydrogen (secondary N) is 2. The molecule has 8 nitrogen and oxygen atoms in total. The van der Waals surface area contributed by atoms with Crippen molar-refractivity contribution < 1.29 is 32.5 Å². The summed E-state index contributed by atoms with van der Waals surface area (Å²) in [5.74, 6) is 1.52. The molecule has 1 fully saturated rings. The zero-order valence-corrected chi connectivity index (χ0v) is 24.1. The summed E-state index contributed by atoms with van der Waals surface area (Å²) in [4.78, 5) is 5.33. The van der Waals surface area contributed by atoms with Crippen LogP contribution in [0.5, 0.6) is 11.5 Å². The van der Waals surface area contributed by atoms with Crippen LogP contribution in [-0.2, 0) is 38.7 Å². The second-order valence-corrected chi connectivity index (χ2v) is 13.8. The lowest BCUT2D eigenvalue weighted by Gasteiger charge is -2.64. The zero-order chi connectivity index (χ0) is 28.0. The number of H-pyrrole nitrogens is 1. The number of piperidine rings is 1. The quantitative estimate of drug-likeness (QED) is 0.427. The van der Waals surface area contributed by atoms with Gasteiger partial charge in [-0.2, -0.15) is 0 Å². The van der Waals surface area contributed by atoms with Crippen LogP contribution in [0.4, 0.5) is 0 Å². The third-order valence-electron chi connectivity index (χ3n) is 9.75. The van der Waals surface area contributed by atoms with Gasteiger partial charge in [-0.3, -0.25) is 0 Å². The third-order valence-corrected chi connectivity index (χ3v) is 9.75. The number of benzene rings is 2. The summed E-state index contributed by atoms with van der Waals surface area (Å²) < 4.78 is 41.5. The number of likely N-dealkylation sites (N-methyl/N-ethyl adjacent to an activating group) is 1. The molecule has 3 aromatic rings. The number of para-hydroxylation sites is 1. The molecule has 2 aromatic carbocycles. The van der Waals surface area contributed by atoms with Crippen molar-refractivity contribution in [2.24, 2.45) is 5.92 Å². The number of rotatable bonds is 4. The van der Waals surface area contributed by atoms with E-state index in [0.29, 0.717) is 24.0 Å². The lowest BCUT2D eigenvalue weighted by Crippen LogP contribution is -3.19. The van der Waals surface area contributed by atoms with Gasteiger partial charge in [0.2, 0.25) is 0 Å². The Balaban J connectivity index is 0.000000510. The predicted octanol–water partition coefficient (Wildman–Crippen LogP) is 2.78. The Labute approximate surface area is 230 Å². The Morgan fingerprint density at radius 1 is 1.26 bits per heavy atom. The first-order valence-corrected chi connectivity index (χ1v) is 15.7. The lowest BCUT2D eigenvalue weighted by atomic mass is 9.45. The van der Waals surface area contributed by atoms with E-state index in [1.165, 1.54) is 27.8 Å². The van der Waals surface area contributed by atoms with E-state index in [9.17, 15) is 5.11 Å². The van der Waals surface area contributed by atoms with E-state index < -0.39 is 15.7 Å². The van der Waals surface area contributed by atoms with Crippen molar-refractivity contribution in [2.75, 3.05) is 26.5 Å². The molecule has 9 heteroatoms. The molecule has 39 heavy (non-hydrogen) atoms. The van der Waals surface area contributed by atoms with E-state index in [4.69, 9.17) is 22.4 Å². The number of phenols is 1. The van der Waals surface area contributed by atoms with Gasteiger partial charge < -0.3 is 29.0 Å². The highest BCUT2D eigenvalue weighted by atomic mass is 32.2. The zero-order valence-electron chi connectivity index (χ0n) is 23.3. The van der Waals surface area contributed by atoms with Crippen molar-refractivity contribution in [3.63, 3.8) is 0 Å². The maximum atomic E-state index is 11.0. The minimum atomic E-state index is -3.92. The minimum absolute atomic E-state index is 0.252. The van der Waals surface area contributed by atoms with E-state index >= 15 is 0 Å². The Morgan fingerprint density at radius 3 is 2.69 bits per heavy atom. The average Bonchev–Trinajstić information content (AvgIpc) is 3.35. The first-order valence-electron chi connectivity index (χ1n) is 13.8. The fraction of sp³-hybridized carbons (Fsp3) is 0.533. The molecule has 0 saturated carbocycles. The summed E-state index contributed by atoms with van der Waals surface area (Å²) in [6.07, 6.45) is 4.45. The second-order valence-electron chi connectivity index (χ2n) is 12.4. The first-order chi connectivity index (χ1) is 18.3. The maximum Gasteiger partial charge on any atom is 0.166 e. The van der Waals surface area contributed by atoms with Crippen LogP contribution in [-0.4, -0.2) is 61.2 Å². The number of hydrogen-bond acceptors (Lipinski definition) is 6. The summed E-state index contributed by atoms with van der Waals surface area (Å²) in [6.45, 7) is 8.62. The molecule has 1 saturated heterocycles. The third kappa shape index (κ3) is 3.63. The molecule has 1 unspecified atom stereocenters. The van der Waals surface area contributed by atoms with Gasteiger partial charge in [0.15, 0.2) is 17.1 Å². The van der Waals surface area contributed by atoms with Crippen LogP contribution in [0.1, 0.15) is 56.0 Å². The molecule has 7 rings (SSSR count). The van der Waals surface area contributed by atoms with Crippen molar-refractivity contribution >= 4 is 21.0 Å². The van der Waals surface area contributed by atoms with Crippen LogP contribution >= 0.6 is 0 Å². The number of hydrogen-bond donors (Lipinski definition) is 3. The van der Waals surface area contributed by atoms with E-state index in [1.807, 2.05) is 6.07 Å². The largest absolute Gasteiger partial charge is 0.748 e. The summed E-state index contributed by atoms with van der Waals surface area (Å²) in [6, 6.07) is 12.9. The van der Waals surface area contributed by atoms with Crippen LogP contribution in [0.15, 0.2) is 36.4 Å². The van der Waals surface area contributed by atoms with Crippen molar-refractivity contribution in [3.8, 4) is 11.5 Å². The molecule has 1 aromatic heterocycles. The van der Waals surface area contributed by atoms with Crippen molar-refractivity contribution in [1.82, 2.24) is 4.98 Å². The van der Waals surface area contributed by atoms with Gasteiger partial charge in [0.05, 0.1) is 34.8 Å². The lowest BCUT2D eigenvalue weighted by molar-refractivity contribution is -0.924. The van der Waals surface area contributed by atoms with Crippen LogP contribution in [0.2, 0.25) is 0 Å². The molecule has 2 aliphatic heterocycles. The topological polar surface area (TPSA) is 116 Å². The molecule has 2 bridgehead atoms. The summed E-state index contributed by atoms with van der Waals surface area (Å²) in [5, 5.41) is 12.3. The Morgan fingerprint density at radius 2 is 1.97 bits per heavy atom. The van der Waals surface area contributed by atoms with Gasteiger partial charge in [0.25, 0.3) is 0 Å². The highest BCUT2D eigenvalue weighted by Crippen LogP contribution is 2.70. The van der Waals surface area contributed by atoms with Crippen LogP contribution in [0.3, 0.4) is 0 Å². The van der Waals surface area contributed by atoms with Crippen LogP contribution in [0, 0.1) is 5.92 Å². The monoisotopic (exact) mass is 554 g/mol. The van der Waals surface area contributed by atoms with Gasteiger partial charge in [-0.15, -0.1) is 0 Å². The summed E-state index contributed by atoms with van der Waals surface area (Å²) in [7, 11) is -1.57. The van der Waals surface area contributed by atoms with Crippen molar-refractivity contribution in [3.05, 3.63) is 58.8 Å². The highest BCUT2D eigenvalue weighted by Gasteiger charge is 2.79. The molecule has 1 spiro atoms. The standard InChI is InChI=1S/C29H34N2O3.CH4O3S/c1-17(2)11-14-33-29-16-20-19-7-5-6-8-21(19)30-26(20)27(3)28(29)12-13-31(4)23(29)15-18-9-10-22(32)25(34-27)24(18)28;1-5(2,3)4/h5-10,17,23,30,32H,11-16H2,1-4H3;1H3,(H,2,3,4)/t23-,27+,28+,29-;/m1./s1. The fourth-order valence-electron chi connectivity index (χ4n) is 8.23. The molecular weight excluding hydrogens is 516 g/mol. The fourth-order valence-corrected chi connectivity index (χ4v) is 8.23. The number of quaternary nitrogens is 1. The summed E-state index contributed by atoms with van der Waals surface area (Å²) in [5.41, 5.74) is 4.83. The number of likely N-dealkylation sites (tertiary alicyclic amines) is 1. The predicted molar refractivity (Wildman–Crippen MR) is 147 cm³/mol. The number of aromatic hydroxyl groups is 1. The van der Waals surface area contributed by atoms with Crippen LogP contribution < -0.4 is 9.64 Å². The summed E-state index contributed by atoms with van der Waals surface area (Å²) >= 11 is 0. The van der Waals surface area contributed by atoms with Gasteiger partial charge in [-0.1, -0.05) is 38.1 Å². The number of phenolic OH excluding ortho intramolecular Hbond substituents is 1. The normalized spacial score (nSPS) is 31.8. The van der Waals surface area contributed by atoms with Crippen LogP contribution in [0.25, 0.3) is 10.9 Å². The number of aromatic nitrogens is 1. The number of fused-ring (bicyclic) bond motifs is 4. The molecule has 3 heterocycles. The van der Waals surface area contributed by atoms with Gasteiger partial charge in [-0.05, 0) is 42.5 Å². The van der Waals surface area contributed by atoms with Crippen molar-refractivity contribution in [1.29, 1.82) is 0 Å². The maximum absolute atomic E-state index is 11.0. The van der Waals surface area contributed by atoms with Gasteiger partial charge in [-0.25, -0.2) is 8.42 Å². The molecule has 210 valence electrons. The molecule has 0 amide bonds. The molecule has 3 N–H and O–H groups in total. The van der Waals surface area contributed by atoms with Gasteiger partial charge >= 0.3 is 0 Å². The van der Waals surface area contributed by atoms with E-state index in [2.05, 4.69) is 63.1 Å². The minimum Gasteiger partial charge on any atom is -0.748 e. The van der Waals surface area contributed by atoms with E-state index in [0.717, 1.165) is 44.4 Å². The number of aromatic amines is 1. The Kier molecular flexibility index (Phi) is 5.94. The number of ether oxygens (including phenoxy) is 2. The van der Waals surface area contributed by atoms with Gasteiger partial charge in [0.1, 0.15) is 11.6 Å². The van der Waals surface area contributed by atoms with E-state index in [1.54, 1.807) is 4.90 Å². The molecule has 2 aliphatic carbocycles.